The minimum Gasteiger partial charge on any atom is -0.492 e. The lowest BCUT2D eigenvalue weighted by Gasteiger charge is -2.19. The van der Waals surface area contributed by atoms with Crippen LogP contribution in [-0.2, 0) is 27.9 Å². The summed E-state index contributed by atoms with van der Waals surface area (Å²) in [5, 5.41) is 0. The van der Waals surface area contributed by atoms with Gasteiger partial charge in [0.15, 0.2) is 6.10 Å². The van der Waals surface area contributed by atoms with Gasteiger partial charge in [-0.15, -0.1) is 0 Å². The second-order valence-corrected chi connectivity index (χ2v) is 13.9. The number of unbranched alkanes of at least 4 members (excludes halogenated alkanes) is 17. The van der Waals surface area contributed by atoms with Crippen LogP contribution in [-0.4, -0.2) is 43.3 Å². The van der Waals surface area contributed by atoms with Gasteiger partial charge < -0.3 is 20.1 Å². The maximum atomic E-state index is 12.3. The lowest BCUT2D eigenvalue weighted by molar-refractivity contribution is -0.147. The molecule has 1 unspecified atom stereocenters. The van der Waals surface area contributed by atoms with E-state index in [1.807, 2.05) is 6.08 Å². The molecule has 280 valence electrons. The summed E-state index contributed by atoms with van der Waals surface area (Å²) in [4.78, 5) is 22.2. The molecule has 0 spiro atoms. The van der Waals surface area contributed by atoms with Crippen molar-refractivity contribution in [1.82, 2.24) is 0 Å². The molecular formula is C39H72NO7P. The van der Waals surface area contributed by atoms with Crippen LogP contribution in [0, 0.1) is 0 Å². The van der Waals surface area contributed by atoms with E-state index in [0.29, 0.717) is 6.42 Å². The van der Waals surface area contributed by atoms with Gasteiger partial charge in [-0.1, -0.05) is 140 Å². The van der Waals surface area contributed by atoms with Gasteiger partial charge in [0.25, 0.3) is 0 Å². The van der Waals surface area contributed by atoms with Gasteiger partial charge in [-0.3, -0.25) is 13.8 Å². The highest BCUT2D eigenvalue weighted by Gasteiger charge is 2.24. The SMILES string of the molecule is CCC=CCC=CCC=CCCCCCCCC(=O)OC[C@H](COP(=O)(O)OCCN)OC=CCCCCCCCCCCCCCC. The highest BCUT2D eigenvalue weighted by molar-refractivity contribution is 7.47. The number of carbonyl (C=O) groups excluding carboxylic acids is 1. The molecule has 48 heavy (non-hydrogen) atoms. The van der Waals surface area contributed by atoms with E-state index in [-0.39, 0.29) is 32.3 Å². The maximum Gasteiger partial charge on any atom is 0.472 e. The molecule has 0 fully saturated rings. The van der Waals surface area contributed by atoms with Crippen LogP contribution in [0.25, 0.3) is 0 Å². The molecule has 0 amide bonds. The van der Waals surface area contributed by atoms with Gasteiger partial charge in [0.2, 0.25) is 0 Å². The fourth-order valence-electron chi connectivity index (χ4n) is 4.99. The van der Waals surface area contributed by atoms with E-state index in [1.54, 1.807) is 6.26 Å². The number of allylic oxidation sites excluding steroid dienone is 7. The highest BCUT2D eigenvalue weighted by atomic mass is 31.2. The Balaban J connectivity index is 4.17. The fraction of sp³-hybridized carbons (Fsp3) is 0.769. The molecule has 2 atom stereocenters. The van der Waals surface area contributed by atoms with Crippen LogP contribution in [0.15, 0.2) is 48.8 Å². The number of phosphoric acid groups is 1. The average Bonchev–Trinajstić information content (AvgIpc) is 3.08. The number of esters is 1. The Kier molecular flexibility index (Phi) is 35.3. The van der Waals surface area contributed by atoms with Crippen LogP contribution in [0.2, 0.25) is 0 Å². The molecule has 0 aliphatic carbocycles. The first-order chi connectivity index (χ1) is 23.4. The summed E-state index contributed by atoms with van der Waals surface area (Å²) in [5.74, 6) is -0.309. The summed E-state index contributed by atoms with van der Waals surface area (Å²) in [7, 11) is -4.27. The molecule has 0 aliphatic rings. The highest BCUT2D eigenvalue weighted by Crippen LogP contribution is 2.43. The molecule has 0 aromatic heterocycles. The topological polar surface area (TPSA) is 117 Å². The van der Waals surface area contributed by atoms with Crippen LogP contribution < -0.4 is 5.73 Å². The van der Waals surface area contributed by atoms with Gasteiger partial charge in [-0.05, 0) is 57.4 Å². The standard InChI is InChI=1S/C39H72NO7P/c1-3-5-7-9-11-13-15-17-19-20-22-24-26-28-30-32-39(41)45-36-38(37-47-48(42,43)46-35-33-40)44-34-31-29-27-25-23-21-18-16-14-12-10-8-6-4-2/h5,7,11,13,17,19,31,34,38H,3-4,6,8-10,12,14-16,18,20-30,32-33,35-37,40H2,1-2H3,(H,42,43)/t38-/m1/s1. The van der Waals surface area contributed by atoms with Gasteiger partial charge in [0.1, 0.15) is 6.61 Å². The zero-order valence-corrected chi connectivity index (χ0v) is 31.6. The predicted molar refractivity (Wildman–Crippen MR) is 201 cm³/mol. The molecule has 0 aromatic rings. The van der Waals surface area contributed by atoms with E-state index in [0.717, 1.165) is 70.6 Å². The monoisotopic (exact) mass is 698 g/mol. The summed E-state index contributed by atoms with van der Waals surface area (Å²) in [5.41, 5.74) is 5.35. The van der Waals surface area contributed by atoms with Crippen molar-refractivity contribution in [1.29, 1.82) is 0 Å². The Morgan fingerprint density at radius 3 is 1.77 bits per heavy atom. The van der Waals surface area contributed by atoms with Gasteiger partial charge in [-0.2, -0.15) is 0 Å². The van der Waals surface area contributed by atoms with E-state index >= 15 is 0 Å². The van der Waals surface area contributed by atoms with Gasteiger partial charge in [-0.25, -0.2) is 4.57 Å². The van der Waals surface area contributed by atoms with Crippen molar-refractivity contribution in [3.63, 3.8) is 0 Å². The van der Waals surface area contributed by atoms with Gasteiger partial charge in [0.05, 0.1) is 19.5 Å². The summed E-state index contributed by atoms with van der Waals surface area (Å²) in [6.45, 7) is 4.07. The van der Waals surface area contributed by atoms with Crippen molar-refractivity contribution < 1.29 is 32.8 Å². The lowest BCUT2D eigenvalue weighted by atomic mass is 10.0. The zero-order chi connectivity index (χ0) is 35.2. The number of carbonyl (C=O) groups is 1. The Morgan fingerprint density at radius 1 is 0.667 bits per heavy atom. The van der Waals surface area contributed by atoms with Crippen LogP contribution >= 0.6 is 7.82 Å². The molecular weight excluding hydrogens is 625 g/mol. The predicted octanol–water partition coefficient (Wildman–Crippen LogP) is 11.2. The number of hydrogen-bond acceptors (Lipinski definition) is 7. The smallest absolute Gasteiger partial charge is 0.472 e. The summed E-state index contributed by atoms with van der Waals surface area (Å²) < 4.78 is 33.1. The third kappa shape index (κ3) is 35.6. The molecule has 0 bridgehead atoms. The molecule has 0 saturated carbocycles. The molecule has 0 radical (unpaired) electrons. The number of hydrogen-bond donors (Lipinski definition) is 2. The molecule has 3 N–H and O–H groups in total. The molecule has 0 aromatic carbocycles. The first-order valence-corrected chi connectivity index (χ1v) is 20.7. The molecule has 0 aliphatic heterocycles. The number of rotatable bonds is 36. The maximum absolute atomic E-state index is 12.3. The van der Waals surface area contributed by atoms with Crippen molar-refractivity contribution in [2.45, 2.75) is 168 Å². The Hall–Kier alpha value is -1.70. The molecule has 0 rings (SSSR count). The first-order valence-electron chi connectivity index (χ1n) is 19.2. The third-order valence-electron chi connectivity index (χ3n) is 7.85. The van der Waals surface area contributed by atoms with E-state index in [4.69, 9.17) is 24.3 Å². The Labute approximate surface area is 294 Å². The quantitative estimate of drug-likeness (QED) is 0.0218. The lowest BCUT2D eigenvalue weighted by Crippen LogP contribution is -2.25. The van der Waals surface area contributed by atoms with Crippen molar-refractivity contribution in [3.8, 4) is 0 Å². The van der Waals surface area contributed by atoms with E-state index in [2.05, 4.69) is 50.3 Å². The zero-order valence-electron chi connectivity index (χ0n) is 30.7. The van der Waals surface area contributed by atoms with Crippen LogP contribution in [0.4, 0.5) is 0 Å². The Bertz CT molecular complexity index is 874. The van der Waals surface area contributed by atoms with E-state index in [9.17, 15) is 14.3 Å². The fourth-order valence-corrected chi connectivity index (χ4v) is 5.76. The Morgan fingerprint density at radius 2 is 1.19 bits per heavy atom. The van der Waals surface area contributed by atoms with Crippen LogP contribution in [0.1, 0.15) is 162 Å². The average molecular weight is 698 g/mol. The summed E-state index contributed by atoms with van der Waals surface area (Å²) in [6.07, 6.45) is 42.2. The number of phosphoric ester groups is 1. The van der Waals surface area contributed by atoms with Gasteiger partial charge in [0, 0.05) is 13.0 Å². The van der Waals surface area contributed by atoms with Crippen molar-refractivity contribution in [2.24, 2.45) is 5.73 Å². The largest absolute Gasteiger partial charge is 0.492 e. The second kappa shape index (κ2) is 36.6. The minimum absolute atomic E-state index is 0.0738. The van der Waals surface area contributed by atoms with Crippen LogP contribution in [0.3, 0.4) is 0 Å². The van der Waals surface area contributed by atoms with E-state index in [1.165, 1.54) is 70.6 Å². The second-order valence-electron chi connectivity index (χ2n) is 12.5. The van der Waals surface area contributed by atoms with Crippen molar-refractivity contribution >= 4 is 13.8 Å². The van der Waals surface area contributed by atoms with Crippen molar-refractivity contribution in [3.05, 3.63) is 48.8 Å². The number of nitrogens with two attached hydrogens (primary N) is 1. The normalized spacial score (nSPS) is 14.1. The molecule has 0 saturated heterocycles. The molecule has 0 heterocycles. The minimum atomic E-state index is -4.27. The van der Waals surface area contributed by atoms with Crippen molar-refractivity contribution in [2.75, 3.05) is 26.4 Å². The summed E-state index contributed by atoms with van der Waals surface area (Å²) in [6, 6.07) is 0. The van der Waals surface area contributed by atoms with Gasteiger partial charge >= 0.3 is 13.8 Å². The van der Waals surface area contributed by atoms with E-state index < -0.39 is 13.9 Å². The molecule has 8 nitrogen and oxygen atoms in total. The number of ether oxygens (including phenoxy) is 2. The third-order valence-corrected chi connectivity index (χ3v) is 8.83. The van der Waals surface area contributed by atoms with Crippen LogP contribution in [0.5, 0.6) is 0 Å². The first kappa shape index (κ1) is 46.3. The summed E-state index contributed by atoms with van der Waals surface area (Å²) >= 11 is 0. The molecule has 9 heteroatoms.